The van der Waals surface area contributed by atoms with Crippen LogP contribution in [0.25, 0.3) is 0 Å². The zero-order valence-electron chi connectivity index (χ0n) is 18.5. The van der Waals surface area contributed by atoms with Gasteiger partial charge in [-0.2, -0.15) is 0 Å². The highest BCUT2D eigenvalue weighted by Gasteiger charge is 2.35. The van der Waals surface area contributed by atoms with Gasteiger partial charge in [-0.1, -0.05) is 44.2 Å². The van der Waals surface area contributed by atoms with Crippen LogP contribution in [0.3, 0.4) is 0 Å². The lowest BCUT2D eigenvalue weighted by Gasteiger charge is -2.36. The first-order valence-electron chi connectivity index (χ1n) is 10.3. The zero-order chi connectivity index (χ0) is 23.1. The van der Waals surface area contributed by atoms with Gasteiger partial charge in [-0.25, -0.2) is 0 Å². The second kappa shape index (κ2) is 8.09. The van der Waals surface area contributed by atoms with E-state index in [9.17, 15) is 15.0 Å². The van der Waals surface area contributed by atoms with E-state index in [1.807, 2.05) is 58.0 Å². The molecule has 0 amide bonds. The Hall–Kier alpha value is -3.13. The van der Waals surface area contributed by atoms with Gasteiger partial charge in [0.25, 0.3) is 0 Å². The summed E-state index contributed by atoms with van der Waals surface area (Å²) in [6.07, 6.45) is 0.462. The summed E-state index contributed by atoms with van der Waals surface area (Å²) < 4.78 is 18.0. The van der Waals surface area contributed by atoms with E-state index in [4.69, 9.17) is 14.2 Å². The van der Waals surface area contributed by atoms with Crippen molar-refractivity contribution in [3.8, 4) is 28.9 Å². The standard InChI is InChI=1S/C24H27NO6S/c1-23(2,3)16-10-19-18(11-17(16)26)30-13-24(4,31-19)12-29-15-7-5-14(6-8-15)9-20-21(27)25-22(28)32-20/h5-8,10-11,26-27H,9,12-13H2,1-4H3,(H,25,28). The number of aromatic hydroxyl groups is 2. The molecular weight excluding hydrogens is 430 g/mol. The third-order valence-electron chi connectivity index (χ3n) is 5.29. The maximum atomic E-state index is 11.3. The molecule has 32 heavy (non-hydrogen) atoms. The van der Waals surface area contributed by atoms with E-state index in [0.717, 1.165) is 22.5 Å². The summed E-state index contributed by atoms with van der Waals surface area (Å²) in [5.74, 6) is 1.90. The predicted molar refractivity (Wildman–Crippen MR) is 123 cm³/mol. The highest BCUT2D eigenvalue weighted by Crippen LogP contribution is 2.43. The summed E-state index contributed by atoms with van der Waals surface area (Å²) >= 11 is 1.00. The number of nitrogens with one attached hydrogen (secondary N) is 1. The second-order valence-corrected chi connectivity index (χ2v) is 10.4. The molecule has 1 aliphatic rings. The predicted octanol–water partition coefficient (Wildman–Crippen LogP) is 4.34. The van der Waals surface area contributed by atoms with Crippen LogP contribution in [0.4, 0.5) is 0 Å². The number of phenols is 1. The van der Waals surface area contributed by atoms with Crippen molar-refractivity contribution in [1.29, 1.82) is 0 Å². The van der Waals surface area contributed by atoms with Crippen molar-refractivity contribution in [3.05, 3.63) is 62.1 Å². The average molecular weight is 458 g/mol. The molecule has 3 aromatic rings. The highest BCUT2D eigenvalue weighted by atomic mass is 32.1. The van der Waals surface area contributed by atoms with Gasteiger partial charge in [0.1, 0.15) is 24.7 Å². The summed E-state index contributed by atoms with van der Waals surface area (Å²) in [6, 6.07) is 10.9. The summed E-state index contributed by atoms with van der Waals surface area (Å²) in [4.78, 5) is 14.0. The van der Waals surface area contributed by atoms with Crippen LogP contribution in [0.15, 0.2) is 41.2 Å². The van der Waals surface area contributed by atoms with Crippen LogP contribution < -0.4 is 19.1 Å². The van der Waals surface area contributed by atoms with Gasteiger partial charge in [-0.15, -0.1) is 0 Å². The fraction of sp³-hybridized carbons (Fsp3) is 0.375. The van der Waals surface area contributed by atoms with Crippen molar-refractivity contribution in [1.82, 2.24) is 4.98 Å². The van der Waals surface area contributed by atoms with Gasteiger partial charge in [0.15, 0.2) is 17.1 Å². The van der Waals surface area contributed by atoms with Crippen LogP contribution in [-0.4, -0.2) is 34.0 Å². The molecule has 3 N–H and O–H groups in total. The van der Waals surface area contributed by atoms with Crippen LogP contribution in [0, 0.1) is 0 Å². The number of benzene rings is 2. The van der Waals surface area contributed by atoms with Crippen LogP contribution in [0.1, 0.15) is 43.7 Å². The molecule has 0 radical (unpaired) electrons. The number of H-pyrrole nitrogens is 1. The first kappa shape index (κ1) is 22.1. The lowest BCUT2D eigenvalue weighted by atomic mass is 9.86. The number of fused-ring (bicyclic) bond motifs is 1. The van der Waals surface area contributed by atoms with Gasteiger partial charge in [-0.05, 0) is 36.1 Å². The quantitative estimate of drug-likeness (QED) is 0.527. The lowest BCUT2D eigenvalue weighted by molar-refractivity contribution is -0.0267. The van der Waals surface area contributed by atoms with Crippen molar-refractivity contribution >= 4 is 11.3 Å². The third-order valence-corrected chi connectivity index (χ3v) is 6.16. The number of aromatic amines is 1. The van der Waals surface area contributed by atoms with Crippen LogP contribution >= 0.6 is 11.3 Å². The molecule has 7 nitrogen and oxygen atoms in total. The molecule has 1 atom stereocenters. The van der Waals surface area contributed by atoms with Crippen LogP contribution in [0.5, 0.6) is 28.9 Å². The Morgan fingerprint density at radius 2 is 1.88 bits per heavy atom. The molecular formula is C24H27NO6S. The minimum absolute atomic E-state index is 0.0779. The molecule has 170 valence electrons. The highest BCUT2D eigenvalue weighted by molar-refractivity contribution is 7.09. The minimum atomic E-state index is -0.694. The van der Waals surface area contributed by atoms with E-state index in [1.165, 1.54) is 0 Å². The minimum Gasteiger partial charge on any atom is -0.508 e. The van der Waals surface area contributed by atoms with E-state index in [0.29, 0.717) is 28.5 Å². The second-order valence-electron chi connectivity index (χ2n) is 9.30. The van der Waals surface area contributed by atoms with Crippen molar-refractivity contribution in [2.45, 2.75) is 45.1 Å². The van der Waals surface area contributed by atoms with E-state index in [-0.39, 0.29) is 35.1 Å². The number of hydrogen-bond acceptors (Lipinski definition) is 7. The van der Waals surface area contributed by atoms with E-state index in [1.54, 1.807) is 6.07 Å². The van der Waals surface area contributed by atoms with E-state index < -0.39 is 5.60 Å². The fourth-order valence-electron chi connectivity index (χ4n) is 3.54. The number of rotatable bonds is 5. The number of ether oxygens (including phenoxy) is 3. The number of hydrogen-bond donors (Lipinski definition) is 3. The maximum Gasteiger partial charge on any atom is 0.307 e. The molecule has 1 aliphatic heterocycles. The van der Waals surface area contributed by atoms with Crippen molar-refractivity contribution < 1.29 is 24.4 Å². The van der Waals surface area contributed by atoms with Gasteiger partial charge >= 0.3 is 4.87 Å². The van der Waals surface area contributed by atoms with Gasteiger partial charge in [0, 0.05) is 18.1 Å². The van der Waals surface area contributed by atoms with Crippen molar-refractivity contribution in [3.63, 3.8) is 0 Å². The fourth-order valence-corrected chi connectivity index (χ4v) is 4.29. The summed E-state index contributed by atoms with van der Waals surface area (Å²) in [5.41, 5.74) is 0.816. The number of phenolic OH excluding ortho intramolecular Hbond substituents is 1. The Bertz CT molecular complexity index is 1170. The smallest absolute Gasteiger partial charge is 0.307 e. The Labute approximate surface area is 190 Å². The molecule has 0 fully saturated rings. The Morgan fingerprint density at radius 3 is 2.50 bits per heavy atom. The monoisotopic (exact) mass is 457 g/mol. The molecule has 0 spiro atoms. The Balaban J connectivity index is 1.42. The molecule has 2 heterocycles. The van der Waals surface area contributed by atoms with E-state index >= 15 is 0 Å². The Kier molecular flexibility index (Phi) is 5.58. The maximum absolute atomic E-state index is 11.3. The average Bonchev–Trinajstić information content (AvgIpc) is 3.03. The number of aromatic nitrogens is 1. The molecule has 0 saturated carbocycles. The molecule has 0 bridgehead atoms. The van der Waals surface area contributed by atoms with Gasteiger partial charge < -0.3 is 24.4 Å². The van der Waals surface area contributed by atoms with Crippen molar-refractivity contribution in [2.75, 3.05) is 13.2 Å². The van der Waals surface area contributed by atoms with Crippen molar-refractivity contribution in [2.24, 2.45) is 0 Å². The molecule has 1 aromatic heterocycles. The SMILES string of the molecule is CC1(COc2ccc(Cc3sc(=O)[nH]c3O)cc2)COc2cc(O)c(C(C)(C)C)cc2O1. The first-order valence-corrected chi connectivity index (χ1v) is 11.2. The molecule has 2 aromatic carbocycles. The molecule has 8 heteroatoms. The first-order chi connectivity index (χ1) is 15.0. The third kappa shape index (κ3) is 4.70. The summed E-state index contributed by atoms with van der Waals surface area (Å²) in [6.45, 7) is 8.58. The topological polar surface area (TPSA) is 101 Å². The summed E-state index contributed by atoms with van der Waals surface area (Å²) in [5, 5.41) is 20.1. The lowest BCUT2D eigenvalue weighted by Crippen LogP contribution is -2.47. The Morgan fingerprint density at radius 1 is 1.16 bits per heavy atom. The van der Waals surface area contributed by atoms with Crippen LogP contribution in [-0.2, 0) is 11.8 Å². The summed E-state index contributed by atoms with van der Waals surface area (Å²) in [7, 11) is 0. The zero-order valence-corrected chi connectivity index (χ0v) is 19.3. The number of thiazole rings is 1. The normalized spacial score (nSPS) is 17.9. The molecule has 1 unspecified atom stereocenters. The van der Waals surface area contributed by atoms with E-state index in [2.05, 4.69) is 4.98 Å². The molecule has 0 saturated heterocycles. The van der Waals surface area contributed by atoms with Crippen LogP contribution in [0.2, 0.25) is 0 Å². The van der Waals surface area contributed by atoms with Gasteiger partial charge in [0.2, 0.25) is 5.88 Å². The van der Waals surface area contributed by atoms with Gasteiger partial charge in [0.05, 0.1) is 4.88 Å². The molecule has 0 aliphatic carbocycles. The largest absolute Gasteiger partial charge is 0.508 e. The molecule has 4 rings (SSSR count). The van der Waals surface area contributed by atoms with Gasteiger partial charge in [-0.3, -0.25) is 9.78 Å².